The number of alkyl halides is 3. The Hall–Kier alpha value is -2.84. The molecular formula is C18H18F3N3O3. The number of hydrogen-bond donors (Lipinski definition) is 1. The van der Waals surface area contributed by atoms with E-state index >= 15 is 0 Å². The van der Waals surface area contributed by atoms with Gasteiger partial charge in [-0.2, -0.15) is 18.3 Å². The minimum absolute atomic E-state index is 0.109. The Morgan fingerprint density at radius 1 is 1.26 bits per heavy atom. The predicted octanol–water partition coefficient (Wildman–Crippen LogP) is 3.22. The zero-order chi connectivity index (χ0) is 19.8. The van der Waals surface area contributed by atoms with Crippen LogP contribution >= 0.6 is 0 Å². The Kier molecular flexibility index (Phi) is 4.95. The van der Waals surface area contributed by atoms with E-state index in [1.165, 1.54) is 29.2 Å². The smallest absolute Gasteiger partial charge is 0.433 e. The summed E-state index contributed by atoms with van der Waals surface area (Å²) in [5.74, 6) is -2.02. The van der Waals surface area contributed by atoms with E-state index in [1.807, 2.05) is 0 Å². The van der Waals surface area contributed by atoms with Crippen molar-refractivity contribution >= 4 is 11.9 Å². The molecule has 1 aliphatic rings. The minimum Gasteiger partial charge on any atom is -0.481 e. The van der Waals surface area contributed by atoms with Gasteiger partial charge in [0.05, 0.1) is 17.8 Å². The first-order valence-electron chi connectivity index (χ1n) is 8.45. The van der Waals surface area contributed by atoms with Crippen molar-refractivity contribution in [2.24, 2.45) is 5.92 Å². The summed E-state index contributed by atoms with van der Waals surface area (Å²) in [6.07, 6.45) is -2.49. The number of aliphatic carboxylic acids is 1. The topological polar surface area (TPSA) is 75.4 Å². The highest BCUT2D eigenvalue weighted by atomic mass is 19.4. The average Bonchev–Trinajstić information content (AvgIpc) is 3.11. The quantitative estimate of drug-likeness (QED) is 0.886. The van der Waals surface area contributed by atoms with Crippen LogP contribution in [0.4, 0.5) is 13.2 Å². The first-order chi connectivity index (χ1) is 12.7. The lowest BCUT2D eigenvalue weighted by molar-refractivity contribution is -0.145. The number of hydrogen-bond acceptors (Lipinski definition) is 3. The van der Waals surface area contributed by atoms with Crippen molar-refractivity contribution in [3.05, 3.63) is 47.8 Å². The van der Waals surface area contributed by atoms with E-state index in [2.05, 4.69) is 5.10 Å². The van der Waals surface area contributed by atoms with Gasteiger partial charge in [-0.1, -0.05) is 6.07 Å². The summed E-state index contributed by atoms with van der Waals surface area (Å²) in [6, 6.07) is 6.11. The normalized spacial score (nSPS) is 20.5. The summed E-state index contributed by atoms with van der Waals surface area (Å²) in [7, 11) is 0. The van der Waals surface area contributed by atoms with E-state index in [0.29, 0.717) is 19.4 Å². The highest BCUT2D eigenvalue weighted by molar-refractivity contribution is 5.95. The highest BCUT2D eigenvalue weighted by Crippen LogP contribution is 2.31. The van der Waals surface area contributed by atoms with Crippen LogP contribution in [0.2, 0.25) is 0 Å². The molecule has 3 rings (SSSR count). The van der Waals surface area contributed by atoms with Crippen LogP contribution in [0.25, 0.3) is 5.69 Å². The zero-order valence-electron chi connectivity index (χ0n) is 14.5. The molecule has 0 aliphatic carbocycles. The van der Waals surface area contributed by atoms with Crippen LogP contribution in [0, 0.1) is 5.92 Å². The number of benzene rings is 1. The fourth-order valence-electron chi connectivity index (χ4n) is 3.42. The molecule has 1 aromatic heterocycles. The molecule has 1 aliphatic heterocycles. The van der Waals surface area contributed by atoms with Crippen molar-refractivity contribution in [1.29, 1.82) is 0 Å². The van der Waals surface area contributed by atoms with Gasteiger partial charge in [0.2, 0.25) is 0 Å². The predicted molar refractivity (Wildman–Crippen MR) is 89.4 cm³/mol. The molecule has 2 heterocycles. The highest BCUT2D eigenvalue weighted by Gasteiger charge is 2.37. The van der Waals surface area contributed by atoms with Gasteiger partial charge in [-0.15, -0.1) is 0 Å². The van der Waals surface area contributed by atoms with Gasteiger partial charge in [-0.3, -0.25) is 9.59 Å². The van der Waals surface area contributed by atoms with Crippen LogP contribution in [0.1, 0.15) is 35.8 Å². The number of aromatic nitrogens is 2. The van der Waals surface area contributed by atoms with E-state index in [9.17, 15) is 27.9 Å². The Bertz CT molecular complexity index is 863. The van der Waals surface area contributed by atoms with Gasteiger partial charge in [0, 0.05) is 18.2 Å². The van der Waals surface area contributed by atoms with E-state index in [0.717, 1.165) is 16.9 Å². The van der Waals surface area contributed by atoms with E-state index in [-0.39, 0.29) is 11.3 Å². The first-order valence-corrected chi connectivity index (χ1v) is 8.45. The third-order valence-electron chi connectivity index (χ3n) is 4.84. The van der Waals surface area contributed by atoms with Gasteiger partial charge >= 0.3 is 12.1 Å². The van der Waals surface area contributed by atoms with Gasteiger partial charge in [0.1, 0.15) is 5.69 Å². The summed E-state index contributed by atoms with van der Waals surface area (Å²) >= 11 is 0. The standard InChI is InChI=1S/C18H18F3N3O3/c1-11-14(17(26)27)6-3-9-23(11)16(25)12-4-2-5-13(10-12)24-15(7-8-22-24)18(19,20)21/h2,4-5,7-8,10-11,14H,3,6,9H2,1H3,(H,26,27)/t11-,14-/m1/s1. The van der Waals surface area contributed by atoms with Gasteiger partial charge in [0.25, 0.3) is 5.91 Å². The number of carboxylic acid groups (broad SMARTS) is 1. The third kappa shape index (κ3) is 3.67. The molecule has 2 aromatic rings. The molecule has 0 saturated carbocycles. The molecule has 2 atom stereocenters. The molecule has 0 radical (unpaired) electrons. The molecule has 1 N–H and O–H groups in total. The SMILES string of the molecule is C[C@@H]1[C@H](C(=O)O)CCCN1C(=O)c1cccc(-n2nccc2C(F)(F)F)c1. The van der Waals surface area contributed by atoms with Crippen LogP contribution in [-0.4, -0.2) is 44.3 Å². The third-order valence-corrected chi connectivity index (χ3v) is 4.84. The summed E-state index contributed by atoms with van der Waals surface area (Å²) in [5, 5.41) is 13.0. The zero-order valence-corrected chi connectivity index (χ0v) is 14.5. The van der Waals surface area contributed by atoms with Gasteiger partial charge < -0.3 is 10.0 Å². The van der Waals surface area contributed by atoms with Crippen LogP contribution in [0.15, 0.2) is 36.5 Å². The van der Waals surface area contributed by atoms with Crippen molar-refractivity contribution in [1.82, 2.24) is 14.7 Å². The maximum Gasteiger partial charge on any atom is 0.433 e. The lowest BCUT2D eigenvalue weighted by atomic mass is 9.90. The number of carbonyl (C=O) groups is 2. The van der Waals surface area contributed by atoms with Crippen molar-refractivity contribution < 1.29 is 27.9 Å². The monoisotopic (exact) mass is 381 g/mol. The Balaban J connectivity index is 1.91. The van der Waals surface area contributed by atoms with E-state index < -0.39 is 35.7 Å². The first kappa shape index (κ1) is 18.9. The molecule has 0 spiro atoms. The second-order valence-electron chi connectivity index (χ2n) is 6.50. The van der Waals surface area contributed by atoms with Crippen LogP contribution < -0.4 is 0 Å². The van der Waals surface area contributed by atoms with Gasteiger partial charge in [-0.05, 0) is 44.0 Å². The molecule has 9 heteroatoms. The van der Waals surface area contributed by atoms with Crippen LogP contribution in [-0.2, 0) is 11.0 Å². The average molecular weight is 381 g/mol. The molecular weight excluding hydrogens is 363 g/mol. The maximum absolute atomic E-state index is 13.1. The number of amides is 1. The molecule has 1 amide bonds. The summed E-state index contributed by atoms with van der Waals surface area (Å²) in [4.78, 5) is 25.7. The minimum atomic E-state index is -4.58. The largest absolute Gasteiger partial charge is 0.481 e. The fraction of sp³-hybridized carbons (Fsp3) is 0.389. The summed E-state index contributed by atoms with van der Waals surface area (Å²) < 4.78 is 40.0. The molecule has 0 unspecified atom stereocenters. The van der Waals surface area contributed by atoms with Crippen molar-refractivity contribution in [3.63, 3.8) is 0 Å². The number of piperidine rings is 1. The summed E-state index contributed by atoms with van der Waals surface area (Å²) in [6.45, 7) is 2.08. The molecule has 27 heavy (non-hydrogen) atoms. The number of carbonyl (C=O) groups excluding carboxylic acids is 1. The number of carboxylic acids is 1. The molecule has 1 fully saturated rings. The maximum atomic E-state index is 13.1. The van der Waals surface area contributed by atoms with E-state index in [1.54, 1.807) is 6.92 Å². The van der Waals surface area contributed by atoms with Gasteiger partial charge in [-0.25, -0.2) is 4.68 Å². The number of nitrogens with zero attached hydrogens (tertiary/aromatic N) is 3. The lowest BCUT2D eigenvalue weighted by Crippen LogP contribution is -2.49. The number of likely N-dealkylation sites (tertiary alicyclic amines) is 1. The second-order valence-corrected chi connectivity index (χ2v) is 6.50. The number of halogens is 3. The Morgan fingerprint density at radius 3 is 2.67 bits per heavy atom. The fourth-order valence-corrected chi connectivity index (χ4v) is 3.42. The van der Waals surface area contributed by atoms with Crippen molar-refractivity contribution in [2.45, 2.75) is 32.0 Å². The Morgan fingerprint density at radius 2 is 2.00 bits per heavy atom. The van der Waals surface area contributed by atoms with Crippen molar-refractivity contribution in [2.75, 3.05) is 6.54 Å². The molecule has 0 bridgehead atoms. The van der Waals surface area contributed by atoms with Crippen LogP contribution in [0.3, 0.4) is 0 Å². The summed E-state index contributed by atoms with van der Waals surface area (Å²) in [5.41, 5.74) is -0.643. The second kappa shape index (κ2) is 7.05. The molecule has 1 aromatic carbocycles. The van der Waals surface area contributed by atoms with Crippen molar-refractivity contribution in [3.8, 4) is 5.69 Å². The molecule has 6 nitrogen and oxygen atoms in total. The van der Waals surface area contributed by atoms with Crippen LogP contribution in [0.5, 0.6) is 0 Å². The lowest BCUT2D eigenvalue weighted by Gasteiger charge is -2.37. The molecule has 1 saturated heterocycles. The van der Waals surface area contributed by atoms with Gasteiger partial charge in [0.15, 0.2) is 0 Å². The number of rotatable bonds is 3. The molecule has 144 valence electrons. The van der Waals surface area contributed by atoms with E-state index in [4.69, 9.17) is 0 Å². The Labute approximate surface area is 153 Å².